The van der Waals surface area contributed by atoms with Crippen LogP contribution in [0.3, 0.4) is 0 Å². The van der Waals surface area contributed by atoms with Crippen molar-refractivity contribution in [2.24, 2.45) is 0 Å². The Morgan fingerprint density at radius 3 is 2.26 bits per heavy atom. The minimum absolute atomic E-state index is 0.0885. The number of hydrogen-bond donors (Lipinski definition) is 0. The van der Waals surface area contributed by atoms with Crippen LogP contribution in [0.5, 0.6) is 5.88 Å². The van der Waals surface area contributed by atoms with Crippen LogP contribution in [0.2, 0.25) is 0 Å². The topological polar surface area (TPSA) is 64.5 Å². The van der Waals surface area contributed by atoms with Gasteiger partial charge >= 0.3 is 0 Å². The Hall–Kier alpha value is -3.06. The van der Waals surface area contributed by atoms with Crippen LogP contribution in [0, 0.1) is 12.7 Å². The van der Waals surface area contributed by atoms with Crippen molar-refractivity contribution in [2.45, 2.75) is 93.1 Å². The van der Waals surface area contributed by atoms with Gasteiger partial charge in [0.05, 0.1) is 30.1 Å². The standard InChI is InChI=1S/C22H24FN3O2.C6H12O.2C2H6/c1-5-6-9-28-22-8-7-16(12-25-22)18-10-17-14(2)21(26(4)15(3)27)13-24-20(17)11-19(18)23;1-7-6-4-2-3-5-6;2*1-2/h7-8,10-13H,5-6,9H2,1-4H3;6H,2-5H2,1H3;2*1-2H3. The molecule has 1 amide bonds. The van der Waals surface area contributed by atoms with Gasteiger partial charge < -0.3 is 14.4 Å². The average Bonchev–Trinajstić information content (AvgIpc) is 3.50. The first-order valence-electron chi connectivity index (χ1n) is 14.3. The Bertz CT molecular complexity index is 1130. The molecular formula is C32H48FN3O3. The number of carbonyl (C=O) groups excluding carboxylic acids is 1. The first-order valence-corrected chi connectivity index (χ1v) is 14.3. The van der Waals surface area contributed by atoms with E-state index in [0.717, 1.165) is 23.8 Å². The zero-order valence-corrected chi connectivity index (χ0v) is 25.4. The summed E-state index contributed by atoms with van der Waals surface area (Å²) in [5.74, 6) is 0.0737. The van der Waals surface area contributed by atoms with Crippen molar-refractivity contribution < 1.29 is 18.7 Å². The molecule has 0 unspecified atom stereocenters. The largest absolute Gasteiger partial charge is 0.478 e. The van der Waals surface area contributed by atoms with Gasteiger partial charge in [-0.2, -0.15) is 0 Å². The number of methoxy groups -OCH3 is 1. The van der Waals surface area contributed by atoms with Crippen molar-refractivity contribution in [3.63, 3.8) is 0 Å². The molecule has 0 radical (unpaired) electrons. The SMILES string of the molecule is CC.CC.CCCCOc1ccc(-c2cc3c(C)c(N(C)C(C)=O)cnc3cc2F)cn1.COC1CCCC1. The third kappa shape index (κ3) is 9.88. The molecule has 0 N–H and O–H groups in total. The van der Waals surface area contributed by atoms with Crippen LogP contribution in [0.4, 0.5) is 10.1 Å². The molecule has 0 saturated heterocycles. The molecule has 1 saturated carbocycles. The first kappa shape index (κ1) is 34.0. The summed E-state index contributed by atoms with van der Waals surface area (Å²) in [5, 5.41) is 0.797. The van der Waals surface area contributed by atoms with E-state index < -0.39 is 0 Å². The van der Waals surface area contributed by atoms with E-state index in [2.05, 4.69) is 16.9 Å². The quantitative estimate of drug-likeness (QED) is 0.280. The molecular weight excluding hydrogens is 493 g/mol. The molecule has 2 heterocycles. The Balaban J connectivity index is 0.000000585. The lowest BCUT2D eigenvalue weighted by Crippen LogP contribution is -2.23. The van der Waals surface area contributed by atoms with E-state index in [1.54, 1.807) is 44.8 Å². The van der Waals surface area contributed by atoms with E-state index in [0.29, 0.717) is 40.9 Å². The number of ether oxygens (including phenoxy) is 2. The number of nitrogens with zero attached hydrogens (tertiary/aromatic N) is 3. The smallest absolute Gasteiger partial charge is 0.223 e. The highest BCUT2D eigenvalue weighted by Gasteiger charge is 2.15. The maximum Gasteiger partial charge on any atom is 0.223 e. The lowest BCUT2D eigenvalue weighted by Gasteiger charge is -2.19. The van der Waals surface area contributed by atoms with Gasteiger partial charge in [0, 0.05) is 55.9 Å². The molecule has 39 heavy (non-hydrogen) atoms. The van der Waals surface area contributed by atoms with Crippen LogP contribution < -0.4 is 9.64 Å². The Kier molecular flexibility index (Phi) is 15.9. The van der Waals surface area contributed by atoms with Gasteiger partial charge in [0.2, 0.25) is 11.8 Å². The van der Waals surface area contributed by atoms with Crippen molar-refractivity contribution in [2.75, 3.05) is 25.7 Å². The summed E-state index contributed by atoms with van der Waals surface area (Å²) in [4.78, 5) is 21.9. The average molecular weight is 542 g/mol. The summed E-state index contributed by atoms with van der Waals surface area (Å²) in [6.45, 7) is 14.1. The fourth-order valence-electron chi connectivity index (χ4n) is 4.13. The van der Waals surface area contributed by atoms with Gasteiger partial charge in [-0.05, 0) is 43.9 Å². The van der Waals surface area contributed by atoms with Crippen molar-refractivity contribution >= 4 is 22.5 Å². The molecule has 0 bridgehead atoms. The Morgan fingerprint density at radius 1 is 1.08 bits per heavy atom. The number of rotatable bonds is 7. The molecule has 0 atom stereocenters. The number of anilines is 1. The molecule has 1 aromatic carbocycles. The maximum absolute atomic E-state index is 14.7. The molecule has 7 heteroatoms. The van der Waals surface area contributed by atoms with Gasteiger partial charge in [0.25, 0.3) is 0 Å². The number of aryl methyl sites for hydroxylation is 1. The van der Waals surface area contributed by atoms with Gasteiger partial charge in [0.1, 0.15) is 5.82 Å². The van der Waals surface area contributed by atoms with E-state index in [-0.39, 0.29) is 11.7 Å². The number of amides is 1. The van der Waals surface area contributed by atoms with E-state index in [1.807, 2.05) is 34.6 Å². The molecule has 1 fully saturated rings. The molecule has 0 spiro atoms. The fourth-order valence-corrected chi connectivity index (χ4v) is 4.13. The van der Waals surface area contributed by atoms with Crippen LogP contribution >= 0.6 is 0 Å². The highest BCUT2D eigenvalue weighted by atomic mass is 19.1. The predicted molar refractivity (Wildman–Crippen MR) is 161 cm³/mol. The zero-order chi connectivity index (χ0) is 29.4. The molecule has 216 valence electrons. The summed E-state index contributed by atoms with van der Waals surface area (Å²) in [6.07, 6.45) is 11.1. The lowest BCUT2D eigenvalue weighted by molar-refractivity contribution is -0.116. The van der Waals surface area contributed by atoms with E-state index in [9.17, 15) is 9.18 Å². The van der Waals surface area contributed by atoms with Gasteiger partial charge in [-0.1, -0.05) is 53.9 Å². The van der Waals surface area contributed by atoms with Crippen molar-refractivity contribution in [3.8, 4) is 17.0 Å². The molecule has 1 aliphatic carbocycles. The minimum atomic E-state index is -0.367. The summed E-state index contributed by atoms with van der Waals surface area (Å²) < 4.78 is 25.4. The second-order valence-electron chi connectivity index (χ2n) is 8.92. The van der Waals surface area contributed by atoms with Gasteiger partial charge in [-0.15, -0.1) is 0 Å². The fraction of sp³-hybridized carbons (Fsp3) is 0.531. The monoisotopic (exact) mass is 541 g/mol. The van der Waals surface area contributed by atoms with Gasteiger partial charge in [-0.3, -0.25) is 9.78 Å². The van der Waals surface area contributed by atoms with Gasteiger partial charge in [-0.25, -0.2) is 9.37 Å². The van der Waals surface area contributed by atoms with E-state index >= 15 is 0 Å². The normalized spacial score (nSPS) is 12.4. The minimum Gasteiger partial charge on any atom is -0.478 e. The van der Waals surface area contributed by atoms with E-state index in [1.165, 1.54) is 43.6 Å². The second-order valence-corrected chi connectivity index (χ2v) is 8.92. The number of pyridine rings is 2. The number of unbranched alkanes of at least 4 members (excludes halogenated alkanes) is 1. The van der Waals surface area contributed by atoms with Crippen molar-refractivity contribution in [1.29, 1.82) is 0 Å². The van der Waals surface area contributed by atoms with Crippen LogP contribution in [-0.4, -0.2) is 42.7 Å². The predicted octanol–water partition coefficient (Wildman–Crippen LogP) is 8.53. The number of hydrogen-bond acceptors (Lipinski definition) is 5. The van der Waals surface area contributed by atoms with Crippen LogP contribution in [-0.2, 0) is 9.53 Å². The number of carbonyl (C=O) groups is 1. The highest BCUT2D eigenvalue weighted by molar-refractivity contribution is 5.97. The number of benzene rings is 1. The lowest BCUT2D eigenvalue weighted by atomic mass is 10.0. The highest BCUT2D eigenvalue weighted by Crippen LogP contribution is 2.32. The Morgan fingerprint density at radius 2 is 1.74 bits per heavy atom. The molecule has 1 aliphatic rings. The maximum atomic E-state index is 14.7. The van der Waals surface area contributed by atoms with Gasteiger partial charge in [0.15, 0.2) is 0 Å². The molecule has 4 rings (SSSR count). The Labute approximate surface area is 235 Å². The van der Waals surface area contributed by atoms with Crippen molar-refractivity contribution in [1.82, 2.24) is 9.97 Å². The van der Waals surface area contributed by atoms with Crippen LogP contribution in [0.15, 0.2) is 36.7 Å². The summed E-state index contributed by atoms with van der Waals surface area (Å²) in [5.41, 5.74) is 3.22. The summed E-state index contributed by atoms with van der Waals surface area (Å²) in [6, 6.07) is 6.73. The summed E-state index contributed by atoms with van der Waals surface area (Å²) >= 11 is 0. The molecule has 2 aromatic heterocycles. The molecule has 0 aliphatic heterocycles. The third-order valence-corrected chi connectivity index (χ3v) is 6.46. The zero-order valence-electron chi connectivity index (χ0n) is 25.4. The second kappa shape index (κ2) is 18.3. The van der Waals surface area contributed by atoms with Crippen molar-refractivity contribution in [3.05, 3.63) is 48.0 Å². The number of fused-ring (bicyclic) bond motifs is 1. The van der Waals surface area contributed by atoms with Crippen LogP contribution in [0.25, 0.3) is 22.0 Å². The van der Waals surface area contributed by atoms with E-state index in [4.69, 9.17) is 9.47 Å². The van der Waals surface area contributed by atoms with Crippen LogP contribution in [0.1, 0.15) is 85.6 Å². The molecule has 3 aromatic rings. The summed E-state index contributed by atoms with van der Waals surface area (Å²) in [7, 11) is 3.50. The number of halogens is 1. The first-order chi connectivity index (χ1) is 18.8. The number of aromatic nitrogens is 2. The third-order valence-electron chi connectivity index (χ3n) is 6.46. The molecule has 6 nitrogen and oxygen atoms in total.